The molecule has 26 heavy (non-hydrogen) atoms. The van der Waals surface area contributed by atoms with E-state index in [1.165, 1.54) is 28.8 Å². The van der Waals surface area contributed by atoms with Gasteiger partial charge >= 0.3 is 0 Å². The third-order valence-electron chi connectivity index (χ3n) is 4.72. The number of nitrogens with zero attached hydrogens (tertiary/aromatic N) is 1. The van der Waals surface area contributed by atoms with Crippen LogP contribution in [0.5, 0.6) is 0 Å². The van der Waals surface area contributed by atoms with E-state index in [0.717, 1.165) is 34.2 Å². The molecule has 0 spiro atoms. The molecule has 3 nitrogen and oxygen atoms in total. The first kappa shape index (κ1) is 19.1. The Bertz CT molecular complexity index is 962. The number of thioether (sulfide) groups is 1. The Labute approximate surface area is 161 Å². The molecule has 138 valence electrons. The Morgan fingerprint density at radius 2 is 1.96 bits per heavy atom. The highest BCUT2D eigenvalue weighted by Gasteiger charge is 2.18. The molecule has 3 aromatic rings. The van der Waals surface area contributed by atoms with Crippen LogP contribution in [0.15, 0.2) is 34.2 Å². The minimum absolute atomic E-state index is 0.0635. The number of rotatable bonds is 6. The number of thiophene rings is 1. The van der Waals surface area contributed by atoms with Crippen molar-refractivity contribution in [3.05, 3.63) is 56.4 Å². The molecule has 1 aromatic carbocycles. The number of halogens is 1. The van der Waals surface area contributed by atoms with E-state index in [4.69, 9.17) is 0 Å². The largest absolute Gasteiger partial charge is 0.301 e. The third-order valence-corrected chi connectivity index (χ3v) is 6.80. The Morgan fingerprint density at radius 1 is 1.27 bits per heavy atom. The van der Waals surface area contributed by atoms with Gasteiger partial charge in [0, 0.05) is 10.1 Å². The Kier molecular flexibility index (Phi) is 5.82. The van der Waals surface area contributed by atoms with Gasteiger partial charge in [-0.25, -0.2) is 9.37 Å². The number of nitrogens with one attached hydrogen (secondary N) is 1. The van der Waals surface area contributed by atoms with Crippen molar-refractivity contribution < 1.29 is 4.39 Å². The summed E-state index contributed by atoms with van der Waals surface area (Å²) >= 11 is 3.07. The van der Waals surface area contributed by atoms with Crippen LogP contribution in [0.1, 0.15) is 48.4 Å². The van der Waals surface area contributed by atoms with E-state index in [2.05, 4.69) is 30.7 Å². The number of aromatic amines is 1. The van der Waals surface area contributed by atoms with Crippen LogP contribution in [0.3, 0.4) is 0 Å². The fraction of sp³-hybridized carbons (Fsp3) is 0.400. The first-order valence-corrected chi connectivity index (χ1v) is 10.5. The Hall–Kier alpha value is -1.66. The highest BCUT2D eigenvalue weighted by atomic mass is 32.2. The van der Waals surface area contributed by atoms with Gasteiger partial charge in [0.15, 0.2) is 5.16 Å². The van der Waals surface area contributed by atoms with E-state index >= 15 is 0 Å². The average Bonchev–Trinajstić information content (AvgIpc) is 2.91. The fourth-order valence-electron chi connectivity index (χ4n) is 2.92. The third kappa shape index (κ3) is 4.01. The van der Waals surface area contributed by atoms with Crippen LogP contribution in [-0.2, 0) is 6.42 Å². The highest BCUT2D eigenvalue weighted by Crippen LogP contribution is 2.35. The molecule has 0 aliphatic heterocycles. The summed E-state index contributed by atoms with van der Waals surface area (Å²) < 4.78 is 13.1. The van der Waals surface area contributed by atoms with Crippen LogP contribution in [0.25, 0.3) is 10.2 Å². The summed E-state index contributed by atoms with van der Waals surface area (Å²) in [6.07, 6.45) is 2.00. The number of hydrogen-bond donors (Lipinski definition) is 1. The maximum absolute atomic E-state index is 13.1. The van der Waals surface area contributed by atoms with Gasteiger partial charge in [-0.3, -0.25) is 4.79 Å². The molecule has 3 rings (SSSR count). The predicted molar refractivity (Wildman–Crippen MR) is 109 cm³/mol. The van der Waals surface area contributed by atoms with E-state index in [0.29, 0.717) is 11.1 Å². The van der Waals surface area contributed by atoms with E-state index < -0.39 is 0 Å². The van der Waals surface area contributed by atoms with Crippen molar-refractivity contribution >= 4 is 33.3 Å². The van der Waals surface area contributed by atoms with Crippen LogP contribution in [0.4, 0.5) is 4.39 Å². The van der Waals surface area contributed by atoms with Crippen molar-refractivity contribution in [2.45, 2.75) is 50.9 Å². The lowest BCUT2D eigenvalue weighted by molar-refractivity contribution is 0.561. The van der Waals surface area contributed by atoms with Gasteiger partial charge < -0.3 is 4.98 Å². The van der Waals surface area contributed by atoms with Crippen LogP contribution < -0.4 is 5.56 Å². The molecule has 0 amide bonds. The Balaban J connectivity index is 1.91. The molecular formula is C20H23FN2OS2. The van der Waals surface area contributed by atoms with E-state index in [1.807, 2.05) is 6.92 Å². The summed E-state index contributed by atoms with van der Waals surface area (Å²) in [6, 6.07) is 6.44. The van der Waals surface area contributed by atoms with Crippen molar-refractivity contribution in [3.63, 3.8) is 0 Å². The van der Waals surface area contributed by atoms with Crippen molar-refractivity contribution in [2.75, 3.05) is 0 Å². The molecule has 1 N–H and O–H groups in total. The second kappa shape index (κ2) is 7.92. The number of aromatic nitrogens is 2. The zero-order valence-electron chi connectivity index (χ0n) is 15.4. The molecule has 0 aliphatic rings. The number of H-pyrrole nitrogens is 1. The summed E-state index contributed by atoms with van der Waals surface area (Å²) in [5.74, 6) is 0.292. The Morgan fingerprint density at radius 3 is 2.62 bits per heavy atom. The lowest BCUT2D eigenvalue weighted by atomic mass is 9.98. The molecule has 0 saturated carbocycles. The van der Waals surface area contributed by atoms with Crippen molar-refractivity contribution in [1.29, 1.82) is 0 Å². The van der Waals surface area contributed by atoms with Gasteiger partial charge in [0.25, 0.3) is 5.56 Å². The number of fused-ring (bicyclic) bond motifs is 1. The van der Waals surface area contributed by atoms with Gasteiger partial charge in [0.1, 0.15) is 10.6 Å². The van der Waals surface area contributed by atoms with E-state index in [-0.39, 0.29) is 16.6 Å². The quantitative estimate of drug-likeness (QED) is 0.423. The smallest absolute Gasteiger partial charge is 0.260 e. The minimum atomic E-state index is -0.248. The van der Waals surface area contributed by atoms with Gasteiger partial charge in [0.2, 0.25) is 0 Å². The second-order valence-electron chi connectivity index (χ2n) is 6.72. The SMILES string of the molecule is CC[C@H](C)Cc1c(C)sc2nc(S[C@H](C)c3ccc(F)cc3)[nH]c(=O)c12. The van der Waals surface area contributed by atoms with Crippen molar-refractivity contribution in [1.82, 2.24) is 9.97 Å². The van der Waals surface area contributed by atoms with E-state index in [9.17, 15) is 9.18 Å². The molecule has 0 saturated heterocycles. The zero-order valence-corrected chi connectivity index (χ0v) is 17.1. The number of benzene rings is 1. The zero-order chi connectivity index (χ0) is 18.8. The molecule has 0 aliphatic carbocycles. The number of aryl methyl sites for hydroxylation is 1. The molecule has 0 bridgehead atoms. The topological polar surface area (TPSA) is 45.8 Å². The van der Waals surface area contributed by atoms with Crippen LogP contribution in [0, 0.1) is 18.7 Å². The van der Waals surface area contributed by atoms with Gasteiger partial charge in [-0.05, 0) is 49.4 Å². The molecule has 2 aromatic heterocycles. The fourth-order valence-corrected chi connectivity index (χ4v) is 4.95. The molecule has 0 unspecified atom stereocenters. The summed E-state index contributed by atoms with van der Waals surface area (Å²) in [5.41, 5.74) is 2.07. The van der Waals surface area contributed by atoms with Gasteiger partial charge in [-0.1, -0.05) is 44.2 Å². The highest BCUT2D eigenvalue weighted by molar-refractivity contribution is 7.99. The van der Waals surface area contributed by atoms with Crippen LogP contribution >= 0.6 is 23.1 Å². The van der Waals surface area contributed by atoms with E-state index in [1.54, 1.807) is 23.5 Å². The standard InChI is InChI=1S/C20H23FN2OS2/c1-5-11(2)10-16-13(4)25-19-17(16)18(24)22-20(23-19)26-12(3)14-6-8-15(21)9-7-14/h6-9,11-12H,5,10H2,1-4H3,(H,22,23,24)/t11-,12+/m0/s1. The molecule has 2 heterocycles. The summed E-state index contributed by atoms with van der Waals surface area (Å²) in [5, 5.41) is 1.42. The van der Waals surface area contributed by atoms with Crippen molar-refractivity contribution in [3.8, 4) is 0 Å². The minimum Gasteiger partial charge on any atom is -0.301 e. The molecule has 2 atom stereocenters. The second-order valence-corrected chi connectivity index (χ2v) is 9.25. The monoisotopic (exact) mass is 390 g/mol. The van der Waals surface area contributed by atoms with Gasteiger partial charge in [-0.2, -0.15) is 0 Å². The van der Waals surface area contributed by atoms with Crippen LogP contribution in [0.2, 0.25) is 0 Å². The average molecular weight is 391 g/mol. The van der Waals surface area contributed by atoms with Crippen LogP contribution in [-0.4, -0.2) is 9.97 Å². The number of hydrogen-bond acceptors (Lipinski definition) is 4. The lowest BCUT2D eigenvalue weighted by Gasteiger charge is -2.11. The van der Waals surface area contributed by atoms with Gasteiger partial charge in [-0.15, -0.1) is 11.3 Å². The van der Waals surface area contributed by atoms with Gasteiger partial charge in [0.05, 0.1) is 5.39 Å². The maximum Gasteiger partial charge on any atom is 0.260 e. The predicted octanol–water partition coefficient (Wildman–Crippen LogP) is 5.87. The molecule has 0 fully saturated rings. The summed E-state index contributed by atoms with van der Waals surface area (Å²) in [6.45, 7) is 8.47. The molecule has 6 heteroatoms. The first-order chi connectivity index (χ1) is 12.4. The maximum atomic E-state index is 13.1. The normalized spacial score (nSPS) is 13.9. The van der Waals surface area contributed by atoms with Crippen molar-refractivity contribution in [2.24, 2.45) is 5.92 Å². The lowest BCUT2D eigenvalue weighted by Crippen LogP contribution is -2.11. The molecule has 0 radical (unpaired) electrons. The summed E-state index contributed by atoms with van der Waals surface area (Å²) in [4.78, 5) is 22.3. The molecular weight excluding hydrogens is 367 g/mol. The summed E-state index contributed by atoms with van der Waals surface area (Å²) in [7, 11) is 0. The first-order valence-electron chi connectivity index (χ1n) is 8.83.